The highest BCUT2D eigenvalue weighted by Gasteiger charge is 2.40. The Morgan fingerprint density at radius 3 is 2.82 bits per heavy atom. The van der Waals surface area contributed by atoms with Crippen molar-refractivity contribution in [2.45, 2.75) is 57.0 Å². The molecule has 182 valence electrons. The zero-order chi connectivity index (χ0) is 23.7. The molecular formula is C26H35N5O3. The van der Waals surface area contributed by atoms with Crippen LogP contribution in [0.5, 0.6) is 0 Å². The zero-order valence-corrected chi connectivity index (χ0v) is 20.0. The molecule has 5 rings (SSSR count). The lowest BCUT2D eigenvalue weighted by atomic mass is 9.83. The number of hydrogen-bond donors (Lipinski definition) is 2. The van der Waals surface area contributed by atoms with Crippen molar-refractivity contribution in [3.8, 4) is 0 Å². The van der Waals surface area contributed by atoms with Crippen LogP contribution in [-0.4, -0.2) is 82.8 Å². The van der Waals surface area contributed by atoms with Crippen molar-refractivity contribution in [2.75, 3.05) is 33.2 Å². The summed E-state index contributed by atoms with van der Waals surface area (Å²) in [6.45, 7) is 3.37. The van der Waals surface area contributed by atoms with E-state index in [1.165, 1.54) is 43.7 Å². The van der Waals surface area contributed by atoms with Crippen molar-refractivity contribution in [3.63, 3.8) is 0 Å². The quantitative estimate of drug-likeness (QED) is 0.616. The Hall–Kier alpha value is -2.87. The van der Waals surface area contributed by atoms with Crippen LogP contribution in [0.15, 0.2) is 30.5 Å². The highest BCUT2D eigenvalue weighted by Crippen LogP contribution is 2.31. The summed E-state index contributed by atoms with van der Waals surface area (Å²) in [6, 6.07) is 7.37. The highest BCUT2D eigenvalue weighted by atomic mass is 16.2. The van der Waals surface area contributed by atoms with E-state index in [-0.39, 0.29) is 18.2 Å². The summed E-state index contributed by atoms with van der Waals surface area (Å²) in [5.74, 6) is 0.109. The molecule has 0 unspecified atom stereocenters. The summed E-state index contributed by atoms with van der Waals surface area (Å²) < 4.78 is 0. The van der Waals surface area contributed by atoms with E-state index in [2.05, 4.69) is 15.2 Å². The molecular weight excluding hydrogens is 430 g/mol. The molecule has 1 aromatic carbocycles. The molecule has 0 spiro atoms. The predicted octanol–water partition coefficient (Wildman–Crippen LogP) is 2.74. The molecule has 3 aliphatic rings. The Morgan fingerprint density at radius 1 is 1.12 bits per heavy atom. The van der Waals surface area contributed by atoms with Gasteiger partial charge in [-0.05, 0) is 62.7 Å². The van der Waals surface area contributed by atoms with Gasteiger partial charge in [0.25, 0.3) is 5.91 Å². The SMILES string of the molecule is CN(C[C@@H]1CCCN2CCCC[C@@H]12)C(=O)C[C@@H]1NC(=O)N(CCc2c[nH]c3ccccc23)C1=O. The molecule has 4 amide bonds. The summed E-state index contributed by atoms with van der Waals surface area (Å²) in [7, 11) is 1.83. The smallest absolute Gasteiger partial charge is 0.324 e. The molecule has 1 aromatic heterocycles. The van der Waals surface area contributed by atoms with Gasteiger partial charge in [0.1, 0.15) is 6.04 Å². The third kappa shape index (κ3) is 4.56. The minimum Gasteiger partial charge on any atom is -0.361 e. The number of imide groups is 1. The Kier molecular flexibility index (Phi) is 6.59. The maximum Gasteiger partial charge on any atom is 0.324 e. The van der Waals surface area contributed by atoms with Gasteiger partial charge >= 0.3 is 6.03 Å². The van der Waals surface area contributed by atoms with E-state index in [1.807, 2.05) is 37.5 Å². The number of nitrogens with one attached hydrogen (secondary N) is 2. The number of hydrogen-bond acceptors (Lipinski definition) is 4. The van der Waals surface area contributed by atoms with Gasteiger partial charge < -0.3 is 20.1 Å². The van der Waals surface area contributed by atoms with Gasteiger partial charge in [0.15, 0.2) is 0 Å². The van der Waals surface area contributed by atoms with Crippen molar-refractivity contribution >= 4 is 28.7 Å². The molecule has 8 heteroatoms. The van der Waals surface area contributed by atoms with Gasteiger partial charge in [0, 0.05) is 43.3 Å². The summed E-state index contributed by atoms with van der Waals surface area (Å²) in [5.41, 5.74) is 2.11. The van der Waals surface area contributed by atoms with Crippen LogP contribution in [-0.2, 0) is 16.0 Å². The Balaban J connectivity index is 1.15. The number of para-hydroxylation sites is 1. The molecule has 0 aliphatic carbocycles. The first-order chi connectivity index (χ1) is 16.5. The van der Waals surface area contributed by atoms with Gasteiger partial charge in [-0.15, -0.1) is 0 Å². The zero-order valence-electron chi connectivity index (χ0n) is 20.0. The number of piperidine rings is 2. The number of urea groups is 1. The molecule has 34 heavy (non-hydrogen) atoms. The number of aromatic nitrogens is 1. The van der Waals surface area contributed by atoms with Crippen LogP contribution in [0.2, 0.25) is 0 Å². The number of fused-ring (bicyclic) bond motifs is 2. The molecule has 0 bridgehead atoms. The predicted molar refractivity (Wildman–Crippen MR) is 130 cm³/mol. The van der Waals surface area contributed by atoms with Crippen molar-refractivity contribution in [2.24, 2.45) is 5.92 Å². The van der Waals surface area contributed by atoms with Gasteiger partial charge in [0.05, 0.1) is 6.42 Å². The Morgan fingerprint density at radius 2 is 1.94 bits per heavy atom. The second kappa shape index (κ2) is 9.78. The fraction of sp³-hybridized carbons (Fsp3) is 0.577. The molecule has 3 saturated heterocycles. The number of amides is 4. The lowest BCUT2D eigenvalue weighted by Gasteiger charge is -2.45. The highest BCUT2D eigenvalue weighted by molar-refractivity contribution is 6.05. The molecule has 0 saturated carbocycles. The van der Waals surface area contributed by atoms with Crippen molar-refractivity contribution in [1.29, 1.82) is 0 Å². The summed E-state index contributed by atoms with van der Waals surface area (Å²) >= 11 is 0. The van der Waals surface area contributed by atoms with Crippen LogP contribution in [0.4, 0.5) is 4.79 Å². The van der Waals surface area contributed by atoms with E-state index >= 15 is 0 Å². The molecule has 0 radical (unpaired) electrons. The number of carbonyl (C=O) groups excluding carboxylic acids is 3. The summed E-state index contributed by atoms with van der Waals surface area (Å²) in [5, 5.41) is 3.83. The number of carbonyl (C=O) groups is 3. The maximum atomic E-state index is 13.0. The fourth-order valence-electron chi connectivity index (χ4n) is 6.07. The first-order valence-electron chi connectivity index (χ1n) is 12.7. The van der Waals surface area contributed by atoms with Gasteiger partial charge in [0.2, 0.25) is 5.91 Å². The molecule has 2 aromatic rings. The Labute approximate surface area is 200 Å². The van der Waals surface area contributed by atoms with Crippen LogP contribution in [0.1, 0.15) is 44.1 Å². The molecule has 8 nitrogen and oxygen atoms in total. The lowest BCUT2D eigenvalue weighted by Crippen LogP contribution is -2.51. The fourth-order valence-corrected chi connectivity index (χ4v) is 6.07. The van der Waals surface area contributed by atoms with E-state index in [0.29, 0.717) is 24.9 Å². The number of benzene rings is 1. The average Bonchev–Trinajstić information content (AvgIpc) is 3.38. The molecule has 3 atom stereocenters. The van der Waals surface area contributed by atoms with E-state index in [4.69, 9.17) is 0 Å². The minimum absolute atomic E-state index is 0.0196. The van der Waals surface area contributed by atoms with E-state index in [1.54, 1.807) is 4.90 Å². The number of rotatable bonds is 7. The van der Waals surface area contributed by atoms with Gasteiger partial charge in [-0.3, -0.25) is 14.5 Å². The number of H-pyrrole nitrogens is 1. The topological polar surface area (TPSA) is 88.8 Å². The number of nitrogens with zero attached hydrogens (tertiary/aromatic N) is 3. The second-order valence-corrected chi connectivity index (χ2v) is 10.1. The third-order valence-corrected chi connectivity index (χ3v) is 7.93. The van der Waals surface area contributed by atoms with Crippen LogP contribution in [0, 0.1) is 5.92 Å². The normalized spacial score (nSPS) is 25.4. The van der Waals surface area contributed by atoms with E-state index < -0.39 is 12.1 Å². The summed E-state index contributed by atoms with van der Waals surface area (Å²) in [6.07, 6.45) is 8.62. The number of aromatic amines is 1. The third-order valence-electron chi connectivity index (χ3n) is 7.93. The average molecular weight is 466 g/mol. The molecule has 3 aliphatic heterocycles. The summed E-state index contributed by atoms with van der Waals surface area (Å²) in [4.78, 5) is 47.3. The monoisotopic (exact) mass is 465 g/mol. The van der Waals surface area contributed by atoms with Gasteiger partial charge in [-0.1, -0.05) is 24.6 Å². The van der Waals surface area contributed by atoms with Gasteiger partial charge in [-0.25, -0.2) is 4.79 Å². The van der Waals surface area contributed by atoms with Gasteiger partial charge in [-0.2, -0.15) is 0 Å². The maximum absolute atomic E-state index is 13.0. The van der Waals surface area contributed by atoms with Crippen LogP contribution in [0.25, 0.3) is 10.9 Å². The largest absolute Gasteiger partial charge is 0.361 e. The minimum atomic E-state index is -0.775. The second-order valence-electron chi connectivity index (χ2n) is 10.1. The van der Waals surface area contributed by atoms with Crippen LogP contribution >= 0.6 is 0 Å². The molecule has 2 N–H and O–H groups in total. The van der Waals surface area contributed by atoms with Crippen molar-refractivity contribution in [3.05, 3.63) is 36.0 Å². The van der Waals surface area contributed by atoms with E-state index in [0.717, 1.165) is 29.4 Å². The Bertz CT molecular complexity index is 1060. The molecule has 3 fully saturated rings. The van der Waals surface area contributed by atoms with E-state index in [9.17, 15) is 14.4 Å². The van der Waals surface area contributed by atoms with Crippen molar-refractivity contribution < 1.29 is 14.4 Å². The first-order valence-corrected chi connectivity index (χ1v) is 12.7. The standard InChI is InChI=1S/C26H35N5O3/c1-29(17-19-7-6-13-30-12-5-4-10-23(19)30)24(32)15-22-25(33)31(26(34)28-22)14-11-18-16-27-21-9-3-2-8-20(18)21/h2-3,8-9,16,19,22-23,27H,4-7,10-15,17H2,1H3,(H,28,34)/t19-,22-,23-/m0/s1. The van der Waals surface area contributed by atoms with Crippen LogP contribution < -0.4 is 5.32 Å². The van der Waals surface area contributed by atoms with Crippen molar-refractivity contribution in [1.82, 2.24) is 25.0 Å². The lowest BCUT2D eigenvalue weighted by molar-refractivity contribution is -0.135. The van der Waals surface area contributed by atoms with Crippen LogP contribution in [0.3, 0.4) is 0 Å². The first kappa shape index (κ1) is 22.9. The molecule has 4 heterocycles.